The fourth-order valence-corrected chi connectivity index (χ4v) is 4.75. The Labute approximate surface area is 218 Å². The summed E-state index contributed by atoms with van der Waals surface area (Å²) < 4.78 is 69.9. The number of aromatic nitrogens is 2. The van der Waals surface area contributed by atoms with E-state index in [1.54, 1.807) is 4.90 Å². The van der Waals surface area contributed by atoms with Crippen LogP contribution in [0, 0.1) is 0 Å². The van der Waals surface area contributed by atoms with E-state index in [9.17, 15) is 18.0 Å². The Morgan fingerprint density at radius 1 is 1.32 bits per heavy atom. The van der Waals surface area contributed by atoms with Crippen molar-refractivity contribution < 1.29 is 30.2 Å². The van der Waals surface area contributed by atoms with Gasteiger partial charge in [-0.15, -0.1) is 0 Å². The summed E-state index contributed by atoms with van der Waals surface area (Å²) in [6, 6.07) is 1.01. The maximum Gasteiger partial charge on any atom is 0.417 e. The number of piperidine rings is 1. The number of halogens is 3. The van der Waals surface area contributed by atoms with Crippen LogP contribution in [-0.4, -0.2) is 82.4 Å². The summed E-state index contributed by atoms with van der Waals surface area (Å²) in [6.45, 7) is 10.2. The molecule has 0 bridgehead atoms. The van der Waals surface area contributed by atoms with Gasteiger partial charge >= 0.3 is 12.3 Å². The predicted octanol–water partition coefficient (Wildman–Crippen LogP) is 4.99. The number of anilines is 1. The summed E-state index contributed by atoms with van der Waals surface area (Å²) in [5, 5.41) is 3.27. The third-order valence-corrected chi connectivity index (χ3v) is 6.57. The van der Waals surface area contributed by atoms with Crippen LogP contribution in [0.25, 0.3) is 5.65 Å². The first-order valence-corrected chi connectivity index (χ1v) is 12.6. The average Bonchev–Trinajstić information content (AvgIpc) is 3.29. The highest BCUT2D eigenvalue weighted by atomic mass is 19.4. The van der Waals surface area contributed by atoms with Gasteiger partial charge in [0.1, 0.15) is 5.60 Å². The molecule has 0 radical (unpaired) electrons. The number of pyridine rings is 1. The fraction of sp³-hybridized carbons (Fsp3) is 0.692. The van der Waals surface area contributed by atoms with Gasteiger partial charge in [0.25, 0.3) is 0 Å². The molecule has 1 amide bonds. The van der Waals surface area contributed by atoms with Crippen molar-refractivity contribution in [3.05, 3.63) is 29.7 Å². The Hall–Kier alpha value is -2.53. The van der Waals surface area contributed by atoms with Crippen molar-refractivity contribution in [1.29, 1.82) is 0 Å². The van der Waals surface area contributed by atoms with Gasteiger partial charge in [-0.25, -0.2) is 9.78 Å². The molecule has 206 valence electrons. The molecule has 2 aromatic rings. The first-order chi connectivity index (χ1) is 18.2. The normalized spacial score (nSPS) is 22.9. The number of carbonyl (C=O) groups is 1. The number of imidazole rings is 1. The largest absolute Gasteiger partial charge is 0.444 e. The first-order valence-electron chi connectivity index (χ1n) is 13.8. The highest BCUT2D eigenvalue weighted by Crippen LogP contribution is 2.34. The van der Waals surface area contributed by atoms with Crippen LogP contribution in [0.1, 0.15) is 67.3 Å². The first kappa shape index (κ1) is 24.8. The van der Waals surface area contributed by atoms with Gasteiger partial charge < -0.3 is 29.0 Å². The van der Waals surface area contributed by atoms with Gasteiger partial charge in [0.05, 0.1) is 30.5 Å². The topological polar surface area (TPSA) is 71.3 Å². The minimum atomic E-state index is -4.57. The Morgan fingerprint density at radius 3 is 2.70 bits per heavy atom. The van der Waals surface area contributed by atoms with Crippen LogP contribution in [0.5, 0.6) is 0 Å². The average molecular weight is 528 g/mol. The summed E-state index contributed by atoms with van der Waals surface area (Å²) in [4.78, 5) is 20.7. The zero-order chi connectivity index (χ0) is 28.6. The van der Waals surface area contributed by atoms with Crippen LogP contribution >= 0.6 is 0 Å². The molecule has 2 saturated heterocycles. The molecule has 0 unspecified atom stereocenters. The second kappa shape index (κ2) is 10.7. The lowest BCUT2D eigenvalue weighted by Gasteiger charge is -2.38. The third kappa shape index (κ3) is 6.87. The van der Waals surface area contributed by atoms with E-state index in [0.29, 0.717) is 44.7 Å². The number of hydrogen-bond donors (Lipinski definition) is 1. The van der Waals surface area contributed by atoms with Crippen LogP contribution in [0.2, 0.25) is 0 Å². The number of amides is 1. The molecule has 0 aliphatic carbocycles. The summed E-state index contributed by atoms with van der Waals surface area (Å²) in [7, 11) is 0. The van der Waals surface area contributed by atoms with Crippen LogP contribution in [0.3, 0.4) is 0 Å². The Balaban J connectivity index is 1.40. The maximum atomic E-state index is 13.7. The third-order valence-electron chi connectivity index (χ3n) is 6.57. The molecule has 2 atom stereocenters. The van der Waals surface area contributed by atoms with Crippen LogP contribution in [0.15, 0.2) is 18.5 Å². The van der Waals surface area contributed by atoms with Crippen LogP contribution < -0.4 is 5.32 Å². The van der Waals surface area contributed by atoms with E-state index in [0.717, 1.165) is 25.4 Å². The number of nitrogens with one attached hydrogen (secondary N) is 1. The lowest BCUT2D eigenvalue weighted by Crippen LogP contribution is -2.52. The molecule has 2 aromatic heterocycles. The predicted molar refractivity (Wildman–Crippen MR) is 135 cm³/mol. The van der Waals surface area contributed by atoms with Gasteiger partial charge in [0.15, 0.2) is 5.65 Å². The van der Waals surface area contributed by atoms with Crippen molar-refractivity contribution in [3.63, 3.8) is 0 Å². The van der Waals surface area contributed by atoms with Gasteiger partial charge in [-0.3, -0.25) is 0 Å². The summed E-state index contributed by atoms with van der Waals surface area (Å²) >= 11 is 0. The molecule has 37 heavy (non-hydrogen) atoms. The monoisotopic (exact) mass is 527 g/mol. The van der Waals surface area contributed by atoms with E-state index in [1.807, 2.05) is 20.8 Å². The lowest BCUT2D eigenvalue weighted by molar-refractivity contribution is -0.137. The molecule has 11 heteroatoms. The number of nitrogens with zero attached hydrogens (tertiary/aromatic N) is 4. The molecule has 2 aliphatic heterocycles. The van der Waals surface area contributed by atoms with Crippen molar-refractivity contribution in [3.8, 4) is 0 Å². The molecule has 4 heterocycles. The van der Waals surface area contributed by atoms with E-state index in [4.69, 9.17) is 12.2 Å². The van der Waals surface area contributed by atoms with Crippen LogP contribution in [0.4, 0.5) is 23.7 Å². The smallest absolute Gasteiger partial charge is 0.417 e. The zero-order valence-electron chi connectivity index (χ0n) is 23.9. The maximum absolute atomic E-state index is 13.7. The van der Waals surface area contributed by atoms with E-state index in [2.05, 4.69) is 15.2 Å². The SMILES string of the molecule is [2H]C[C@@]([2H])(C)c1cnc2c(NC3CCN(C[C@@H]4CN(C(=O)OC(C)(C)C)CCO4)CC3)cc(C(F)(F)F)cn12. The van der Waals surface area contributed by atoms with Crippen LogP contribution in [-0.2, 0) is 15.7 Å². The van der Waals surface area contributed by atoms with E-state index in [1.165, 1.54) is 17.5 Å². The van der Waals surface area contributed by atoms with Crippen molar-refractivity contribution in [2.24, 2.45) is 0 Å². The van der Waals surface area contributed by atoms with Gasteiger partial charge in [-0.1, -0.05) is 13.8 Å². The van der Waals surface area contributed by atoms with E-state index < -0.39 is 23.2 Å². The van der Waals surface area contributed by atoms with Gasteiger partial charge in [-0.05, 0) is 45.6 Å². The van der Waals surface area contributed by atoms with E-state index >= 15 is 0 Å². The van der Waals surface area contributed by atoms with Crippen molar-refractivity contribution >= 4 is 17.4 Å². The number of likely N-dealkylation sites (tertiary alicyclic amines) is 1. The number of fused-ring (bicyclic) bond motifs is 1. The number of rotatable bonds is 5. The van der Waals surface area contributed by atoms with Crippen molar-refractivity contribution in [2.75, 3.05) is 44.6 Å². The van der Waals surface area contributed by atoms with Crippen molar-refractivity contribution in [2.45, 2.75) is 77.3 Å². The quantitative estimate of drug-likeness (QED) is 0.591. The van der Waals surface area contributed by atoms with Gasteiger partial charge in [0.2, 0.25) is 0 Å². The molecule has 1 N–H and O–H groups in total. The minimum absolute atomic E-state index is 0.0576. The summed E-state index contributed by atoms with van der Waals surface area (Å²) in [5.74, 6) is -1.40. The molecular formula is C26H38F3N5O3. The minimum Gasteiger partial charge on any atom is -0.444 e. The number of alkyl halides is 3. The van der Waals surface area contributed by atoms with Gasteiger partial charge in [-0.2, -0.15) is 13.2 Å². The summed E-state index contributed by atoms with van der Waals surface area (Å²) in [5.41, 5.74) is -0.585. The molecule has 0 spiro atoms. The second-order valence-corrected chi connectivity index (χ2v) is 10.9. The number of hydrogen-bond acceptors (Lipinski definition) is 6. The molecule has 0 aromatic carbocycles. The Kier molecular flexibility index (Phi) is 7.16. The second-order valence-electron chi connectivity index (χ2n) is 10.9. The summed E-state index contributed by atoms with van der Waals surface area (Å²) in [6.07, 6.45) is -1.29. The number of carbonyl (C=O) groups excluding carboxylic acids is 1. The number of ether oxygens (including phenoxy) is 2. The molecule has 2 fully saturated rings. The van der Waals surface area contributed by atoms with Gasteiger partial charge in [0, 0.05) is 53.0 Å². The van der Waals surface area contributed by atoms with Crippen molar-refractivity contribution in [1.82, 2.24) is 19.2 Å². The molecule has 8 nitrogen and oxygen atoms in total. The standard InChI is InChI=1S/C26H38F3N5O3/c1-17(2)22-13-30-23-21(12-18(14-34(22)23)26(27,28)29)31-19-6-8-32(9-7-19)15-20-16-33(10-11-36-20)24(35)37-25(3,4)5/h12-14,17,19-20,31H,6-11,15-16H2,1-5H3/t20-/m1/s1/i1D,17D/t17-,20+/m0. The molecule has 2 aliphatic rings. The zero-order valence-corrected chi connectivity index (χ0v) is 21.9. The lowest BCUT2D eigenvalue weighted by atomic mass is 10.0. The highest BCUT2D eigenvalue weighted by molar-refractivity contribution is 5.70. The number of morpholine rings is 1. The molecule has 0 saturated carbocycles. The molecular weight excluding hydrogens is 487 g/mol. The fourth-order valence-electron chi connectivity index (χ4n) is 4.75. The van der Waals surface area contributed by atoms with E-state index in [-0.39, 0.29) is 36.5 Å². The highest BCUT2D eigenvalue weighted by Gasteiger charge is 2.33. The molecule has 4 rings (SSSR count). The Morgan fingerprint density at radius 2 is 2.05 bits per heavy atom. The Bertz CT molecular complexity index is 1160.